The van der Waals surface area contributed by atoms with Crippen molar-refractivity contribution < 1.29 is 19.2 Å². The molecule has 0 aromatic rings. The van der Waals surface area contributed by atoms with Crippen LogP contribution in [-0.4, -0.2) is 48.2 Å². The first-order valence-electron chi connectivity index (χ1n) is 9.11. The van der Waals surface area contributed by atoms with Crippen LogP contribution in [0.25, 0.3) is 0 Å². The minimum Gasteiger partial charge on any atom is -0.356 e. The highest BCUT2D eigenvalue weighted by atomic mass is 16.2. The summed E-state index contributed by atoms with van der Waals surface area (Å²) >= 11 is 0. The van der Waals surface area contributed by atoms with Gasteiger partial charge in [0.2, 0.25) is 11.8 Å². The van der Waals surface area contributed by atoms with Crippen molar-refractivity contribution >= 4 is 23.6 Å². The van der Waals surface area contributed by atoms with E-state index in [2.05, 4.69) is 17.6 Å². The second kappa shape index (κ2) is 12.2. The van der Waals surface area contributed by atoms with Gasteiger partial charge < -0.3 is 10.6 Å². The number of imide groups is 1. The Morgan fingerprint density at radius 1 is 0.840 bits per heavy atom. The molecule has 7 heteroatoms. The number of amides is 4. The highest BCUT2D eigenvalue weighted by Gasteiger charge is 2.23. The number of unbranched alkanes of at least 4 members (excludes halogenated alkanes) is 4. The lowest BCUT2D eigenvalue weighted by atomic mass is 10.2. The molecule has 0 fully saturated rings. The second-order valence-electron chi connectivity index (χ2n) is 6.13. The minimum absolute atomic E-state index is 0.0914. The number of nitrogens with zero attached hydrogens (tertiary/aromatic N) is 1. The van der Waals surface area contributed by atoms with Crippen molar-refractivity contribution in [2.45, 2.75) is 58.3 Å². The van der Waals surface area contributed by atoms with Gasteiger partial charge in [0, 0.05) is 44.6 Å². The van der Waals surface area contributed by atoms with Gasteiger partial charge in [0.15, 0.2) is 0 Å². The van der Waals surface area contributed by atoms with Crippen molar-refractivity contribution in [3.63, 3.8) is 0 Å². The molecule has 0 saturated heterocycles. The number of hydrogen-bond acceptors (Lipinski definition) is 4. The third kappa shape index (κ3) is 9.02. The molecule has 2 N–H and O–H groups in total. The molecule has 0 aromatic carbocycles. The van der Waals surface area contributed by atoms with Crippen LogP contribution in [0.4, 0.5) is 0 Å². The lowest BCUT2D eigenvalue weighted by Crippen LogP contribution is -2.34. The van der Waals surface area contributed by atoms with Gasteiger partial charge in [-0.05, 0) is 19.3 Å². The molecule has 0 aromatic heterocycles. The van der Waals surface area contributed by atoms with Gasteiger partial charge in [-0.25, -0.2) is 0 Å². The van der Waals surface area contributed by atoms with E-state index in [1.807, 2.05) is 0 Å². The smallest absolute Gasteiger partial charge is 0.253 e. The van der Waals surface area contributed by atoms with E-state index in [-0.39, 0.29) is 36.6 Å². The first-order valence-corrected chi connectivity index (χ1v) is 9.11. The van der Waals surface area contributed by atoms with Crippen LogP contribution in [0, 0.1) is 0 Å². The van der Waals surface area contributed by atoms with Crippen LogP contribution < -0.4 is 10.6 Å². The molecule has 0 atom stereocenters. The van der Waals surface area contributed by atoms with Crippen LogP contribution in [0.1, 0.15) is 58.3 Å². The number of carbonyl (C=O) groups excluding carboxylic acids is 4. The van der Waals surface area contributed by atoms with Crippen LogP contribution in [0.5, 0.6) is 0 Å². The zero-order chi connectivity index (χ0) is 18.5. The van der Waals surface area contributed by atoms with E-state index >= 15 is 0 Å². The molecule has 1 rings (SSSR count). The highest BCUT2D eigenvalue weighted by molar-refractivity contribution is 6.13. The summed E-state index contributed by atoms with van der Waals surface area (Å²) in [5, 5.41) is 5.67. The Hall–Kier alpha value is -2.18. The third-order valence-electron chi connectivity index (χ3n) is 3.97. The normalized spacial score (nSPS) is 13.4. The molecule has 1 aliphatic heterocycles. The summed E-state index contributed by atoms with van der Waals surface area (Å²) in [6.07, 6.45) is 8.83. The standard InChI is InChI=1S/C18H29N3O4/c1-2-3-6-12-19-15(22)8-5-4-7-13-20-16(23)11-14-21-17(24)9-10-18(21)25/h9-10H,2-8,11-14H2,1H3,(H,19,22)(H,20,23). The average molecular weight is 351 g/mol. The lowest BCUT2D eigenvalue weighted by molar-refractivity contribution is -0.137. The molecule has 140 valence electrons. The number of carbonyl (C=O) groups is 4. The Morgan fingerprint density at radius 3 is 2.00 bits per heavy atom. The Bertz CT molecular complexity index is 485. The molecular weight excluding hydrogens is 322 g/mol. The zero-order valence-corrected chi connectivity index (χ0v) is 15.0. The van der Waals surface area contributed by atoms with Gasteiger partial charge in [0.05, 0.1) is 0 Å². The van der Waals surface area contributed by atoms with Gasteiger partial charge in [0.25, 0.3) is 11.8 Å². The summed E-state index contributed by atoms with van der Waals surface area (Å²) in [7, 11) is 0. The summed E-state index contributed by atoms with van der Waals surface area (Å²) < 4.78 is 0. The van der Waals surface area contributed by atoms with Gasteiger partial charge in [0.1, 0.15) is 0 Å². The summed E-state index contributed by atoms with van der Waals surface area (Å²) in [4.78, 5) is 47.0. The monoisotopic (exact) mass is 351 g/mol. The Balaban J connectivity index is 1.95. The van der Waals surface area contributed by atoms with Crippen LogP contribution in [0.15, 0.2) is 12.2 Å². The summed E-state index contributed by atoms with van der Waals surface area (Å²) in [6, 6.07) is 0. The molecule has 0 spiro atoms. The summed E-state index contributed by atoms with van der Waals surface area (Å²) in [5.41, 5.74) is 0. The zero-order valence-electron chi connectivity index (χ0n) is 15.0. The van der Waals surface area contributed by atoms with E-state index < -0.39 is 0 Å². The van der Waals surface area contributed by atoms with Crippen molar-refractivity contribution in [1.82, 2.24) is 15.5 Å². The molecule has 0 saturated carbocycles. The first kappa shape index (κ1) is 20.9. The van der Waals surface area contributed by atoms with E-state index in [4.69, 9.17) is 0 Å². The molecule has 1 aliphatic rings. The Kier molecular flexibility index (Phi) is 10.2. The Morgan fingerprint density at radius 2 is 1.40 bits per heavy atom. The molecule has 0 unspecified atom stereocenters. The predicted octanol–water partition coefficient (Wildman–Crippen LogP) is 1.28. The number of hydrogen-bond donors (Lipinski definition) is 2. The lowest BCUT2D eigenvalue weighted by Gasteiger charge is -2.13. The quantitative estimate of drug-likeness (QED) is 0.386. The van der Waals surface area contributed by atoms with Gasteiger partial charge in [-0.3, -0.25) is 24.1 Å². The topological polar surface area (TPSA) is 95.6 Å². The fourth-order valence-corrected chi connectivity index (χ4v) is 2.46. The van der Waals surface area contributed by atoms with E-state index in [0.29, 0.717) is 13.0 Å². The summed E-state index contributed by atoms with van der Waals surface area (Å²) in [5.74, 6) is -0.827. The predicted molar refractivity (Wildman–Crippen MR) is 94.5 cm³/mol. The maximum atomic E-state index is 11.7. The van der Waals surface area contributed by atoms with Crippen molar-refractivity contribution in [1.29, 1.82) is 0 Å². The Labute approximate surface area is 149 Å². The number of nitrogens with one attached hydrogen (secondary N) is 2. The van der Waals surface area contributed by atoms with Gasteiger partial charge in [-0.2, -0.15) is 0 Å². The first-order chi connectivity index (χ1) is 12.0. The third-order valence-corrected chi connectivity index (χ3v) is 3.97. The van der Waals surface area contributed by atoms with Crippen LogP contribution in [0.3, 0.4) is 0 Å². The van der Waals surface area contributed by atoms with Gasteiger partial charge >= 0.3 is 0 Å². The number of rotatable bonds is 13. The van der Waals surface area contributed by atoms with Crippen LogP contribution in [-0.2, 0) is 19.2 Å². The van der Waals surface area contributed by atoms with E-state index in [9.17, 15) is 19.2 Å². The van der Waals surface area contributed by atoms with Crippen molar-refractivity contribution in [3.05, 3.63) is 12.2 Å². The maximum Gasteiger partial charge on any atom is 0.253 e. The van der Waals surface area contributed by atoms with Crippen molar-refractivity contribution in [2.75, 3.05) is 19.6 Å². The molecule has 0 bridgehead atoms. The fourth-order valence-electron chi connectivity index (χ4n) is 2.46. The van der Waals surface area contributed by atoms with Crippen LogP contribution in [0.2, 0.25) is 0 Å². The molecule has 7 nitrogen and oxygen atoms in total. The molecule has 0 aliphatic carbocycles. The molecule has 1 heterocycles. The fraction of sp³-hybridized carbons (Fsp3) is 0.667. The van der Waals surface area contributed by atoms with E-state index in [1.165, 1.54) is 12.2 Å². The van der Waals surface area contributed by atoms with Crippen molar-refractivity contribution in [2.24, 2.45) is 0 Å². The minimum atomic E-state index is -0.370. The average Bonchev–Trinajstić information content (AvgIpc) is 2.91. The highest BCUT2D eigenvalue weighted by Crippen LogP contribution is 2.04. The second-order valence-corrected chi connectivity index (χ2v) is 6.13. The maximum absolute atomic E-state index is 11.7. The summed E-state index contributed by atoms with van der Waals surface area (Å²) in [6.45, 7) is 3.52. The molecule has 4 amide bonds. The largest absolute Gasteiger partial charge is 0.356 e. The molecule has 25 heavy (non-hydrogen) atoms. The van der Waals surface area contributed by atoms with E-state index in [1.54, 1.807) is 0 Å². The van der Waals surface area contributed by atoms with E-state index in [0.717, 1.165) is 50.0 Å². The van der Waals surface area contributed by atoms with Gasteiger partial charge in [-0.15, -0.1) is 0 Å². The van der Waals surface area contributed by atoms with Crippen LogP contribution >= 0.6 is 0 Å². The van der Waals surface area contributed by atoms with Gasteiger partial charge in [-0.1, -0.05) is 26.2 Å². The molecule has 0 radical (unpaired) electrons. The molecular formula is C18H29N3O4. The van der Waals surface area contributed by atoms with Crippen molar-refractivity contribution in [3.8, 4) is 0 Å². The SMILES string of the molecule is CCCCCNC(=O)CCCCCNC(=O)CCN1C(=O)C=CC1=O.